The molecule has 0 aliphatic carbocycles. The highest BCUT2D eigenvalue weighted by Crippen LogP contribution is 2.35. The minimum Gasteiger partial charge on any atom is -0.497 e. The first-order valence-electron chi connectivity index (χ1n) is 16.9. The molecule has 2 aromatic heterocycles. The summed E-state index contributed by atoms with van der Waals surface area (Å²) in [6, 6.07) is 20.4. The Labute approximate surface area is 298 Å². The van der Waals surface area contributed by atoms with Crippen molar-refractivity contribution in [1.29, 1.82) is 0 Å². The number of ether oxygens (including phenoxy) is 2. The van der Waals surface area contributed by atoms with E-state index < -0.39 is 23.1 Å². The molecule has 268 valence electrons. The van der Waals surface area contributed by atoms with Crippen molar-refractivity contribution >= 4 is 35.5 Å². The van der Waals surface area contributed by atoms with Gasteiger partial charge in [0.05, 0.1) is 7.11 Å². The lowest BCUT2D eigenvalue weighted by molar-refractivity contribution is -0.125. The lowest BCUT2D eigenvalue weighted by Gasteiger charge is -2.37. The van der Waals surface area contributed by atoms with Crippen molar-refractivity contribution in [1.82, 2.24) is 31.2 Å². The molecule has 2 aromatic carbocycles. The fourth-order valence-corrected chi connectivity index (χ4v) is 6.88. The van der Waals surface area contributed by atoms with Crippen molar-refractivity contribution in [2.24, 2.45) is 0 Å². The Kier molecular flexibility index (Phi) is 9.32. The maximum Gasteiger partial charge on any atom is 0.322 e. The van der Waals surface area contributed by atoms with Crippen LogP contribution in [0.3, 0.4) is 0 Å². The average Bonchev–Trinajstić information content (AvgIpc) is 3.60. The van der Waals surface area contributed by atoms with Gasteiger partial charge in [-0.3, -0.25) is 20.2 Å². The van der Waals surface area contributed by atoms with Crippen LogP contribution >= 0.6 is 0 Å². The zero-order valence-corrected chi connectivity index (χ0v) is 28.4. The first-order chi connectivity index (χ1) is 25.1. The Balaban J connectivity index is 0.000000162. The number of rotatable bonds is 6. The molecular weight excluding hydrogens is 671 g/mol. The second-order valence-electron chi connectivity index (χ2n) is 13.0. The normalized spacial score (nSPS) is 18.6. The van der Waals surface area contributed by atoms with Gasteiger partial charge in [-0.15, -0.1) is 0 Å². The van der Waals surface area contributed by atoms with E-state index in [-0.39, 0.29) is 17.6 Å². The lowest BCUT2D eigenvalue weighted by Crippen LogP contribution is -2.55. The number of hydrogen-bond acceptors (Lipinski definition) is 10. The molecule has 4 saturated heterocycles. The van der Waals surface area contributed by atoms with Crippen molar-refractivity contribution in [2.75, 3.05) is 43.1 Å². The minimum absolute atomic E-state index is 0.222. The molecule has 0 unspecified atom stereocenters. The number of urea groups is 2. The molecule has 14 nitrogen and oxygen atoms in total. The highest BCUT2D eigenvalue weighted by Gasteiger charge is 2.49. The molecule has 4 aromatic rings. The predicted molar refractivity (Wildman–Crippen MR) is 189 cm³/mol. The van der Waals surface area contributed by atoms with Crippen molar-refractivity contribution in [3.63, 3.8) is 0 Å². The third-order valence-corrected chi connectivity index (χ3v) is 9.83. The average molecular weight is 709 g/mol. The van der Waals surface area contributed by atoms with E-state index in [1.807, 2.05) is 41.3 Å². The van der Waals surface area contributed by atoms with Gasteiger partial charge in [0.15, 0.2) is 11.6 Å². The van der Waals surface area contributed by atoms with Gasteiger partial charge in [-0.25, -0.2) is 23.9 Å². The number of methoxy groups -OCH3 is 1. The molecule has 4 N–H and O–H groups in total. The molecule has 4 aliphatic rings. The number of carbonyl (C=O) groups excluding carboxylic acids is 4. The van der Waals surface area contributed by atoms with E-state index in [4.69, 9.17) is 9.47 Å². The molecule has 4 fully saturated rings. The molecule has 2 spiro atoms. The summed E-state index contributed by atoms with van der Waals surface area (Å²) in [5.74, 6) is 2.56. The largest absolute Gasteiger partial charge is 0.497 e. The predicted octanol–water partition coefficient (Wildman–Crippen LogP) is 4.13. The maximum atomic E-state index is 13.1. The number of amides is 6. The SMILES string of the molecule is COc1cccc(-c2ccnc(N3CCC4(CC3)NC(=O)NC4=O)c2)c1.O=C1NC(=O)C2(CCN(c3ncccc3Oc3ccc(F)cc3)CC2)N1. The van der Waals surface area contributed by atoms with E-state index in [0.29, 0.717) is 69.2 Å². The molecule has 4 aliphatic heterocycles. The van der Waals surface area contributed by atoms with Gasteiger partial charge in [0.25, 0.3) is 11.8 Å². The standard InChI is InChI=1S/C19H20N4O3.C18H17FN4O3/c1-26-15-4-2-3-13(11-15)14-5-8-20-16(12-14)23-9-6-19(7-10-23)17(24)21-18(25)22-19;19-12-3-5-13(6-4-12)26-14-2-1-9-20-15(14)23-10-7-18(8-11-23)16(24)21-17(25)22-18/h2-5,8,11-12H,6-7,9-10H2,1H3,(H2,21,22,24,25);1-6,9H,7-8,10-11H2,(H2,21,22,24,25). The number of piperidine rings is 2. The lowest BCUT2D eigenvalue weighted by atomic mass is 9.87. The second kappa shape index (κ2) is 14.2. The van der Waals surface area contributed by atoms with Gasteiger partial charge in [0.2, 0.25) is 0 Å². The van der Waals surface area contributed by atoms with Crippen LogP contribution in [0.15, 0.2) is 85.2 Å². The molecule has 52 heavy (non-hydrogen) atoms. The molecule has 0 radical (unpaired) electrons. The van der Waals surface area contributed by atoms with E-state index in [2.05, 4.69) is 36.1 Å². The molecule has 8 rings (SSSR count). The molecule has 6 heterocycles. The van der Waals surface area contributed by atoms with Gasteiger partial charge in [-0.1, -0.05) is 12.1 Å². The number of halogens is 1. The summed E-state index contributed by atoms with van der Waals surface area (Å²) in [7, 11) is 1.65. The van der Waals surface area contributed by atoms with Crippen molar-refractivity contribution < 1.29 is 33.0 Å². The van der Waals surface area contributed by atoms with Gasteiger partial charge in [0, 0.05) is 38.6 Å². The van der Waals surface area contributed by atoms with Crippen LogP contribution in [0.1, 0.15) is 25.7 Å². The summed E-state index contributed by atoms with van der Waals surface area (Å²) >= 11 is 0. The number of hydrogen-bond donors (Lipinski definition) is 4. The zero-order chi connectivity index (χ0) is 36.3. The number of aromatic nitrogens is 2. The summed E-state index contributed by atoms with van der Waals surface area (Å²) in [5, 5.41) is 10.2. The smallest absolute Gasteiger partial charge is 0.322 e. The number of anilines is 2. The first-order valence-corrected chi connectivity index (χ1v) is 16.9. The topological polar surface area (TPSA) is 167 Å². The van der Waals surface area contributed by atoms with Crippen LogP contribution in [0, 0.1) is 5.82 Å². The van der Waals surface area contributed by atoms with Gasteiger partial charge in [0.1, 0.15) is 34.2 Å². The number of nitrogens with one attached hydrogen (secondary N) is 4. The number of carbonyl (C=O) groups is 4. The van der Waals surface area contributed by atoms with Crippen molar-refractivity contribution in [2.45, 2.75) is 36.8 Å². The Morgan fingerprint density at radius 2 is 1.29 bits per heavy atom. The van der Waals surface area contributed by atoms with E-state index >= 15 is 0 Å². The van der Waals surface area contributed by atoms with Crippen LogP contribution in [0.25, 0.3) is 11.1 Å². The summed E-state index contributed by atoms with van der Waals surface area (Å²) in [6.07, 6.45) is 5.55. The molecule has 0 bridgehead atoms. The summed E-state index contributed by atoms with van der Waals surface area (Å²) in [5.41, 5.74) is 0.517. The molecule has 0 atom stereocenters. The first kappa shape index (κ1) is 34.2. The van der Waals surface area contributed by atoms with E-state index in [0.717, 1.165) is 22.7 Å². The third kappa shape index (κ3) is 7.02. The van der Waals surface area contributed by atoms with Crippen LogP contribution in [0.2, 0.25) is 0 Å². The highest BCUT2D eigenvalue weighted by molar-refractivity contribution is 6.07. The van der Waals surface area contributed by atoms with Gasteiger partial charge < -0.3 is 29.9 Å². The third-order valence-electron chi connectivity index (χ3n) is 9.83. The second-order valence-corrected chi connectivity index (χ2v) is 13.0. The number of nitrogens with zero attached hydrogens (tertiary/aromatic N) is 4. The van der Waals surface area contributed by atoms with Crippen molar-refractivity contribution in [3.8, 4) is 28.4 Å². The molecule has 15 heteroatoms. The van der Waals surface area contributed by atoms with Crippen LogP contribution < -0.4 is 40.5 Å². The van der Waals surface area contributed by atoms with Gasteiger partial charge >= 0.3 is 12.1 Å². The van der Waals surface area contributed by atoms with E-state index in [1.54, 1.807) is 43.8 Å². The maximum absolute atomic E-state index is 13.1. The van der Waals surface area contributed by atoms with Crippen LogP contribution in [-0.4, -0.2) is 78.2 Å². The summed E-state index contributed by atoms with van der Waals surface area (Å²) in [6.45, 7) is 2.40. The summed E-state index contributed by atoms with van der Waals surface area (Å²) < 4.78 is 24.2. The van der Waals surface area contributed by atoms with Gasteiger partial charge in [-0.2, -0.15) is 0 Å². The summed E-state index contributed by atoms with van der Waals surface area (Å²) in [4.78, 5) is 60.1. The fraction of sp³-hybridized carbons (Fsp3) is 0.297. The van der Waals surface area contributed by atoms with Crippen LogP contribution in [-0.2, 0) is 9.59 Å². The Bertz CT molecular complexity index is 1990. The number of pyridine rings is 2. The molecule has 0 saturated carbocycles. The fourth-order valence-electron chi connectivity index (χ4n) is 6.88. The van der Waals surface area contributed by atoms with E-state index in [1.165, 1.54) is 12.1 Å². The Hall–Kier alpha value is -6.25. The van der Waals surface area contributed by atoms with Crippen molar-refractivity contribution in [3.05, 3.63) is 91.0 Å². The van der Waals surface area contributed by atoms with Gasteiger partial charge in [-0.05, 0) is 97.5 Å². The molecule has 6 amide bonds. The Morgan fingerprint density at radius 1 is 0.673 bits per heavy atom. The monoisotopic (exact) mass is 708 g/mol. The highest BCUT2D eigenvalue weighted by atomic mass is 19.1. The quantitative estimate of drug-likeness (QED) is 0.214. The molecular formula is C37H37FN8O6. The van der Waals surface area contributed by atoms with Crippen LogP contribution in [0.5, 0.6) is 17.2 Å². The van der Waals surface area contributed by atoms with E-state index in [9.17, 15) is 23.6 Å². The minimum atomic E-state index is -0.833. The zero-order valence-electron chi connectivity index (χ0n) is 28.4. The van der Waals surface area contributed by atoms with Crippen LogP contribution in [0.4, 0.5) is 25.6 Å². The number of imide groups is 2. The number of benzene rings is 2. The Morgan fingerprint density at radius 3 is 1.88 bits per heavy atom.